The number of nitro groups is 1. The fourth-order valence-electron chi connectivity index (χ4n) is 4.05. The number of aliphatic hydroxyl groups excluding tert-OH is 1. The molecule has 40 heavy (non-hydrogen) atoms. The molecule has 1 aromatic heterocycles. The van der Waals surface area contributed by atoms with Crippen molar-refractivity contribution in [1.29, 1.82) is 0 Å². The number of nitrogens with zero attached hydrogens (tertiary/aromatic N) is 4. The van der Waals surface area contributed by atoms with Gasteiger partial charge < -0.3 is 5.11 Å². The van der Waals surface area contributed by atoms with Crippen LogP contribution in [0.15, 0.2) is 81.1 Å². The molecule has 1 fully saturated rings. The first-order valence-corrected chi connectivity index (χ1v) is 14.7. The van der Waals surface area contributed by atoms with E-state index in [1.807, 2.05) is 0 Å². The summed E-state index contributed by atoms with van der Waals surface area (Å²) in [5, 5.41) is 32.1. The molecule has 2 heterocycles. The molecule has 202 valence electrons. The second-order valence-electron chi connectivity index (χ2n) is 8.40. The molecule has 0 aliphatic carbocycles. The summed E-state index contributed by atoms with van der Waals surface area (Å²) in [6, 6.07) is 16.0. The summed E-state index contributed by atoms with van der Waals surface area (Å²) in [5.74, 6) is -1.86. The number of anilines is 1. The number of carbonyl (C=O) groups excluding carboxylic acids is 2. The number of halogens is 3. The lowest BCUT2D eigenvalue weighted by atomic mass is 9.95. The molecule has 0 saturated carbocycles. The maximum absolute atomic E-state index is 13.4. The number of thioether (sulfide) groups is 1. The quantitative estimate of drug-likeness (QED) is 0.0407. The van der Waals surface area contributed by atoms with E-state index in [1.54, 1.807) is 48.5 Å². The molecule has 9 nitrogen and oxygen atoms in total. The third kappa shape index (κ3) is 5.63. The summed E-state index contributed by atoms with van der Waals surface area (Å²) in [6.45, 7) is 0. The van der Waals surface area contributed by atoms with Gasteiger partial charge in [0.25, 0.3) is 11.5 Å². The number of aliphatic hydroxyl groups is 1. The molecular weight excluding hydrogens is 663 g/mol. The van der Waals surface area contributed by atoms with Crippen LogP contribution in [0.4, 0.5) is 10.8 Å². The van der Waals surface area contributed by atoms with Gasteiger partial charge in [-0.15, -0.1) is 10.2 Å². The third-order valence-electron chi connectivity index (χ3n) is 5.93. The smallest absolute Gasteiger partial charge is 0.301 e. The molecule has 4 aromatic rings. The van der Waals surface area contributed by atoms with E-state index < -0.39 is 28.4 Å². The van der Waals surface area contributed by atoms with Gasteiger partial charge in [0.2, 0.25) is 5.13 Å². The largest absolute Gasteiger partial charge is 0.507 e. The second-order valence-corrected chi connectivity index (χ2v) is 12.3. The molecule has 0 radical (unpaired) electrons. The van der Waals surface area contributed by atoms with Gasteiger partial charge in [0.05, 0.1) is 16.5 Å². The average molecular weight is 678 g/mol. The Kier molecular flexibility index (Phi) is 8.24. The Balaban J connectivity index is 1.56. The van der Waals surface area contributed by atoms with Gasteiger partial charge in [-0.1, -0.05) is 92.6 Å². The van der Waals surface area contributed by atoms with Crippen molar-refractivity contribution in [3.05, 3.63) is 114 Å². The zero-order chi connectivity index (χ0) is 28.6. The van der Waals surface area contributed by atoms with Crippen LogP contribution in [0.3, 0.4) is 0 Å². The highest BCUT2D eigenvalue weighted by molar-refractivity contribution is 9.10. The normalized spacial score (nSPS) is 16.5. The summed E-state index contributed by atoms with van der Waals surface area (Å²) in [5.41, 5.74) is 0.916. The van der Waals surface area contributed by atoms with E-state index in [9.17, 15) is 24.8 Å². The van der Waals surface area contributed by atoms with Crippen LogP contribution in [0.1, 0.15) is 22.7 Å². The molecule has 1 amide bonds. The Bertz CT molecular complexity index is 1700. The minimum Gasteiger partial charge on any atom is -0.507 e. The summed E-state index contributed by atoms with van der Waals surface area (Å²) >= 11 is 18.0. The second kappa shape index (κ2) is 11.7. The van der Waals surface area contributed by atoms with Gasteiger partial charge in [0, 0.05) is 38.0 Å². The number of Topliss-reactive ketones (excluding diaryl/α,β-unsaturated/α-hetero) is 1. The monoisotopic (exact) mass is 676 g/mol. The maximum atomic E-state index is 13.4. The van der Waals surface area contributed by atoms with Crippen LogP contribution in [-0.4, -0.2) is 31.9 Å². The topological polar surface area (TPSA) is 127 Å². The van der Waals surface area contributed by atoms with Crippen LogP contribution in [0.2, 0.25) is 10.0 Å². The van der Waals surface area contributed by atoms with Gasteiger partial charge in [-0.2, -0.15) is 0 Å². The number of benzene rings is 3. The Labute approximate surface area is 253 Å². The number of amides is 1. The minimum absolute atomic E-state index is 0.0955. The molecule has 1 aliphatic rings. The molecule has 14 heteroatoms. The summed E-state index contributed by atoms with van der Waals surface area (Å²) < 4.78 is 1.24. The fourth-order valence-corrected chi connectivity index (χ4v) is 6.74. The lowest BCUT2D eigenvalue weighted by Crippen LogP contribution is -2.29. The van der Waals surface area contributed by atoms with Crippen LogP contribution < -0.4 is 4.90 Å². The summed E-state index contributed by atoms with van der Waals surface area (Å²) in [4.78, 5) is 38.7. The van der Waals surface area contributed by atoms with Crippen LogP contribution in [0.5, 0.6) is 0 Å². The van der Waals surface area contributed by atoms with Gasteiger partial charge >= 0.3 is 5.91 Å². The highest BCUT2D eigenvalue weighted by Crippen LogP contribution is 2.44. The molecule has 1 aliphatic heterocycles. The minimum atomic E-state index is -1.18. The van der Waals surface area contributed by atoms with Crippen molar-refractivity contribution in [3.63, 3.8) is 0 Å². The van der Waals surface area contributed by atoms with Gasteiger partial charge in [-0.3, -0.25) is 24.6 Å². The SMILES string of the molecule is O=C1C(=O)N(c2nnc(SCc3ccc(Cl)cc3Cl)s2)C(c2cccc([N+](=O)[O-])c2)/C1=C(/O)c1ccc(Br)cc1. The zero-order valence-corrected chi connectivity index (χ0v) is 24.7. The number of hydrogen-bond donors (Lipinski definition) is 1. The van der Waals surface area contributed by atoms with Gasteiger partial charge in [0.1, 0.15) is 5.76 Å². The first-order chi connectivity index (χ1) is 19.1. The van der Waals surface area contributed by atoms with E-state index in [1.165, 1.54) is 30.0 Å². The van der Waals surface area contributed by atoms with Crippen molar-refractivity contribution in [2.45, 2.75) is 16.1 Å². The third-order valence-corrected chi connectivity index (χ3v) is 9.15. The average Bonchev–Trinajstić information content (AvgIpc) is 3.50. The van der Waals surface area contributed by atoms with Crippen molar-refractivity contribution < 1.29 is 19.6 Å². The molecular formula is C26H15BrCl2N4O5S2. The maximum Gasteiger partial charge on any atom is 0.301 e. The first kappa shape index (κ1) is 28.2. The highest BCUT2D eigenvalue weighted by atomic mass is 79.9. The first-order valence-electron chi connectivity index (χ1n) is 11.4. The van der Waals surface area contributed by atoms with Crippen molar-refractivity contribution >= 4 is 90.5 Å². The Morgan fingerprint density at radius 2 is 1.85 bits per heavy atom. The van der Waals surface area contributed by atoms with E-state index in [0.717, 1.165) is 26.3 Å². The zero-order valence-electron chi connectivity index (χ0n) is 20.0. The van der Waals surface area contributed by atoms with E-state index in [0.29, 0.717) is 25.7 Å². The van der Waals surface area contributed by atoms with Gasteiger partial charge in [-0.25, -0.2) is 0 Å². The molecule has 1 unspecified atom stereocenters. The van der Waals surface area contributed by atoms with Gasteiger partial charge in [-0.05, 0) is 35.4 Å². The number of non-ortho nitro benzene ring substituents is 1. The number of aromatic nitrogens is 2. The van der Waals surface area contributed by atoms with Gasteiger partial charge in [0.15, 0.2) is 4.34 Å². The van der Waals surface area contributed by atoms with Crippen molar-refractivity contribution in [2.75, 3.05) is 4.90 Å². The summed E-state index contributed by atoms with van der Waals surface area (Å²) in [7, 11) is 0. The predicted octanol–water partition coefficient (Wildman–Crippen LogP) is 7.43. The van der Waals surface area contributed by atoms with Crippen molar-refractivity contribution in [2.24, 2.45) is 0 Å². The Morgan fingerprint density at radius 1 is 1.10 bits per heavy atom. The van der Waals surface area contributed by atoms with E-state index >= 15 is 0 Å². The van der Waals surface area contributed by atoms with Crippen LogP contribution in [0, 0.1) is 10.1 Å². The molecule has 1 atom stereocenters. The molecule has 3 aromatic carbocycles. The Morgan fingerprint density at radius 3 is 2.55 bits per heavy atom. The fraction of sp³-hybridized carbons (Fsp3) is 0.0769. The number of ketones is 1. The van der Waals surface area contributed by atoms with Crippen LogP contribution in [-0.2, 0) is 15.3 Å². The Hall–Kier alpha value is -3.29. The predicted molar refractivity (Wildman–Crippen MR) is 158 cm³/mol. The number of rotatable bonds is 7. The lowest BCUT2D eigenvalue weighted by Gasteiger charge is -2.22. The molecule has 1 saturated heterocycles. The summed E-state index contributed by atoms with van der Waals surface area (Å²) in [6.07, 6.45) is 0. The van der Waals surface area contributed by atoms with E-state index in [2.05, 4.69) is 26.1 Å². The number of hydrogen-bond acceptors (Lipinski definition) is 9. The van der Waals surface area contributed by atoms with E-state index in [4.69, 9.17) is 23.2 Å². The van der Waals surface area contributed by atoms with Crippen LogP contribution >= 0.6 is 62.2 Å². The molecule has 0 spiro atoms. The number of carbonyl (C=O) groups is 2. The number of nitro benzene ring substituents is 1. The molecule has 0 bridgehead atoms. The molecule has 1 N–H and O–H groups in total. The highest BCUT2D eigenvalue weighted by Gasteiger charge is 2.48. The van der Waals surface area contributed by atoms with Crippen molar-refractivity contribution in [1.82, 2.24) is 10.2 Å². The lowest BCUT2D eigenvalue weighted by molar-refractivity contribution is -0.384. The molecule has 5 rings (SSSR count). The standard InChI is InChI=1S/C26H15BrCl2N4O5S2/c27-16-7-4-13(5-8-16)22(34)20-21(14-2-1-3-18(10-14)33(37)38)32(24(36)23(20)35)25-30-31-26(40-25)39-12-15-6-9-17(28)11-19(15)29/h1-11,21,34H,12H2/b22-20-. The van der Waals surface area contributed by atoms with Crippen LogP contribution in [0.25, 0.3) is 5.76 Å². The van der Waals surface area contributed by atoms with E-state index in [-0.39, 0.29) is 22.0 Å². The van der Waals surface area contributed by atoms with Crippen molar-refractivity contribution in [3.8, 4) is 0 Å².